The molecule has 0 atom stereocenters. The summed E-state index contributed by atoms with van der Waals surface area (Å²) in [6.45, 7) is 21.5. The smallest absolute Gasteiger partial charge is 3.00 e. The van der Waals surface area contributed by atoms with E-state index in [4.69, 9.17) is 0 Å². The fraction of sp³-hybridized carbons (Fsp3) is 0.273. The van der Waals surface area contributed by atoms with Gasteiger partial charge in [0.15, 0.2) is 0 Å². The molecule has 0 saturated carbocycles. The molecule has 0 unspecified atom stereocenters. The molecule has 4 aromatic heterocycles. The molecule has 0 N–H and O–H groups in total. The SMILES string of the molecule is CC(C)(C)c1ccnc(-c2cc(C(C)(C)C)ccn2)c1.Cc1c[c-]c(-c2ccc(C)cn2)cc1.Cc1c[c-]c(-c2ccc(C)cn2)cc1.F[P-](F)(F)(F)(F)F.[Ir+3]. The summed E-state index contributed by atoms with van der Waals surface area (Å²) in [5, 5.41) is 0. The van der Waals surface area contributed by atoms with Crippen LogP contribution >= 0.6 is 7.81 Å². The van der Waals surface area contributed by atoms with Crippen LogP contribution in [-0.2, 0) is 30.9 Å². The number of halogens is 6. The minimum absolute atomic E-state index is 0. The van der Waals surface area contributed by atoms with Gasteiger partial charge in [-0.05, 0) is 82.6 Å². The quantitative estimate of drug-likeness (QED) is 0.101. The first-order valence-electron chi connectivity index (χ1n) is 17.5. The fourth-order valence-corrected chi connectivity index (χ4v) is 4.65. The average Bonchev–Trinajstić information content (AvgIpc) is 3.08. The summed E-state index contributed by atoms with van der Waals surface area (Å²) >= 11 is 0. The normalized spacial score (nSPS) is 12.4. The molecular formula is C44H48F6IrN4P. The molecule has 0 fully saturated rings. The standard InChI is InChI=1S/C18H24N2.2C13H12N.F6P.Ir/c1-17(2,3)13-7-9-19-15(11-13)16-12-14(8-10-20-16)18(4,5)6;2*1-10-3-6-12(7-4-10)13-8-5-11(2)9-14-13;1-7(2,3,4,5)6;/h7-12H,1-6H3;2*3-6,8-9H,1-2H3;;/q;3*-1;+3. The van der Waals surface area contributed by atoms with Gasteiger partial charge in [0, 0.05) is 24.8 Å². The van der Waals surface area contributed by atoms with Gasteiger partial charge in [0.2, 0.25) is 0 Å². The van der Waals surface area contributed by atoms with Gasteiger partial charge in [0.1, 0.15) is 0 Å². The summed E-state index contributed by atoms with van der Waals surface area (Å²) in [7, 11) is -10.7. The predicted molar refractivity (Wildman–Crippen MR) is 214 cm³/mol. The van der Waals surface area contributed by atoms with Crippen LogP contribution < -0.4 is 0 Å². The van der Waals surface area contributed by atoms with Crippen molar-refractivity contribution in [3.63, 3.8) is 0 Å². The van der Waals surface area contributed by atoms with Crippen LogP contribution in [-0.4, -0.2) is 19.9 Å². The first kappa shape index (κ1) is 47.8. The van der Waals surface area contributed by atoms with Gasteiger partial charge >= 0.3 is 53.1 Å². The minimum atomic E-state index is -10.7. The average molecular weight is 970 g/mol. The molecule has 0 amide bonds. The number of pyridine rings is 4. The maximum atomic E-state index is 9.87. The van der Waals surface area contributed by atoms with Crippen molar-refractivity contribution in [1.29, 1.82) is 0 Å². The molecule has 6 rings (SSSR count). The Kier molecular flexibility index (Phi) is 15.6. The van der Waals surface area contributed by atoms with E-state index in [-0.39, 0.29) is 30.9 Å². The van der Waals surface area contributed by atoms with Gasteiger partial charge < -0.3 is 9.97 Å². The Bertz CT molecular complexity index is 1890. The number of rotatable bonds is 3. The van der Waals surface area contributed by atoms with E-state index in [0.717, 1.165) is 33.9 Å². The Morgan fingerprint density at radius 1 is 0.446 bits per heavy atom. The molecule has 12 heteroatoms. The van der Waals surface area contributed by atoms with Crippen molar-refractivity contribution in [2.24, 2.45) is 0 Å². The minimum Gasteiger partial charge on any atom is 3.00 e. The molecule has 56 heavy (non-hydrogen) atoms. The third-order valence-corrected chi connectivity index (χ3v) is 7.83. The summed E-state index contributed by atoms with van der Waals surface area (Å²) < 4.78 is 59.2. The van der Waals surface area contributed by atoms with Crippen LogP contribution in [0.25, 0.3) is 33.9 Å². The Morgan fingerprint density at radius 3 is 1.02 bits per heavy atom. The van der Waals surface area contributed by atoms with Crippen LogP contribution in [0.2, 0.25) is 0 Å². The van der Waals surface area contributed by atoms with Gasteiger partial charge in [-0.15, -0.1) is 70.8 Å². The fourth-order valence-electron chi connectivity index (χ4n) is 4.65. The maximum Gasteiger partial charge on any atom is 3.00 e. The second-order valence-corrected chi connectivity index (χ2v) is 17.2. The zero-order chi connectivity index (χ0) is 41.3. The van der Waals surface area contributed by atoms with Crippen LogP contribution in [0.5, 0.6) is 0 Å². The first-order valence-corrected chi connectivity index (χ1v) is 19.5. The van der Waals surface area contributed by atoms with E-state index in [0.29, 0.717) is 0 Å². The van der Waals surface area contributed by atoms with Gasteiger partial charge in [0.25, 0.3) is 0 Å². The second kappa shape index (κ2) is 18.3. The van der Waals surface area contributed by atoms with Crippen molar-refractivity contribution in [3.8, 4) is 33.9 Å². The summed E-state index contributed by atoms with van der Waals surface area (Å²) in [5.74, 6) is 0. The van der Waals surface area contributed by atoms with Crippen molar-refractivity contribution in [2.45, 2.75) is 80.1 Å². The molecule has 0 aliphatic carbocycles. The molecule has 0 aliphatic heterocycles. The Balaban J connectivity index is 0.000000270. The van der Waals surface area contributed by atoms with Gasteiger partial charge in [-0.2, -0.15) is 0 Å². The Labute approximate surface area is 340 Å². The number of nitrogens with zero attached hydrogens (tertiary/aromatic N) is 4. The molecule has 4 heterocycles. The summed E-state index contributed by atoms with van der Waals surface area (Å²) in [6, 6.07) is 35.3. The Morgan fingerprint density at radius 2 is 0.768 bits per heavy atom. The zero-order valence-corrected chi connectivity index (χ0v) is 36.5. The van der Waals surface area contributed by atoms with E-state index < -0.39 is 7.81 Å². The van der Waals surface area contributed by atoms with Crippen LogP contribution in [0.3, 0.4) is 0 Å². The molecule has 0 spiro atoms. The zero-order valence-electron chi connectivity index (χ0n) is 33.2. The summed E-state index contributed by atoms with van der Waals surface area (Å²) in [4.78, 5) is 17.7. The van der Waals surface area contributed by atoms with Crippen LogP contribution in [0.1, 0.15) is 74.9 Å². The van der Waals surface area contributed by atoms with Gasteiger partial charge in [-0.3, -0.25) is 9.97 Å². The number of hydrogen-bond acceptors (Lipinski definition) is 4. The third-order valence-electron chi connectivity index (χ3n) is 7.83. The topological polar surface area (TPSA) is 51.6 Å². The van der Waals surface area contributed by atoms with Crippen molar-refractivity contribution < 1.29 is 45.3 Å². The second-order valence-electron chi connectivity index (χ2n) is 15.3. The molecule has 300 valence electrons. The molecule has 2 aromatic carbocycles. The van der Waals surface area contributed by atoms with Crippen LogP contribution in [0, 0.1) is 39.8 Å². The van der Waals surface area contributed by atoms with E-state index in [2.05, 4.69) is 136 Å². The predicted octanol–water partition coefficient (Wildman–Crippen LogP) is 14.4. The van der Waals surface area contributed by atoms with Crippen molar-refractivity contribution in [1.82, 2.24) is 19.9 Å². The maximum absolute atomic E-state index is 10.7. The first-order chi connectivity index (χ1) is 25.1. The van der Waals surface area contributed by atoms with Crippen LogP contribution in [0.15, 0.2) is 110 Å². The largest absolute Gasteiger partial charge is 3.00 e. The molecular weight excluding hydrogens is 922 g/mol. The molecule has 0 aliphatic rings. The number of aromatic nitrogens is 4. The van der Waals surface area contributed by atoms with Crippen molar-refractivity contribution >= 4 is 7.81 Å². The van der Waals surface area contributed by atoms with Crippen molar-refractivity contribution in [2.75, 3.05) is 0 Å². The van der Waals surface area contributed by atoms with Gasteiger partial charge in [0.05, 0.1) is 11.4 Å². The molecule has 0 radical (unpaired) electrons. The van der Waals surface area contributed by atoms with E-state index in [1.165, 1.54) is 33.4 Å². The van der Waals surface area contributed by atoms with Crippen molar-refractivity contribution in [3.05, 3.63) is 155 Å². The number of benzene rings is 2. The van der Waals surface area contributed by atoms with E-state index in [1.54, 1.807) is 0 Å². The van der Waals surface area contributed by atoms with Crippen LogP contribution in [0.4, 0.5) is 25.2 Å². The van der Waals surface area contributed by atoms with E-state index in [1.807, 2.05) is 75.0 Å². The van der Waals surface area contributed by atoms with E-state index >= 15 is 0 Å². The van der Waals surface area contributed by atoms with Gasteiger partial charge in [-0.1, -0.05) is 79.7 Å². The third kappa shape index (κ3) is 18.6. The van der Waals surface area contributed by atoms with E-state index in [9.17, 15) is 25.2 Å². The molecule has 6 aromatic rings. The molecule has 0 bridgehead atoms. The molecule has 4 nitrogen and oxygen atoms in total. The number of aryl methyl sites for hydroxylation is 4. The summed E-state index contributed by atoms with van der Waals surface area (Å²) in [5.41, 5.74) is 13.6. The Hall–Kier alpha value is -4.30. The summed E-state index contributed by atoms with van der Waals surface area (Å²) in [6.07, 6.45) is 7.51. The number of hydrogen-bond donors (Lipinski definition) is 0. The molecule has 0 saturated heterocycles. The van der Waals surface area contributed by atoms with Gasteiger partial charge in [-0.25, -0.2) is 0 Å². The monoisotopic (exact) mass is 970 g/mol.